The predicted octanol–water partition coefficient (Wildman–Crippen LogP) is 3.96. The molecule has 0 aliphatic carbocycles. The van der Waals surface area contributed by atoms with Crippen molar-refractivity contribution in [2.45, 2.75) is 6.92 Å². The van der Waals surface area contributed by atoms with Crippen molar-refractivity contribution in [3.63, 3.8) is 0 Å². The third kappa shape index (κ3) is 2.07. The van der Waals surface area contributed by atoms with Gasteiger partial charge in [-0.3, -0.25) is 4.98 Å². The average Bonchev–Trinajstić information content (AvgIpc) is 2.20. The first-order valence-corrected chi connectivity index (χ1v) is 5.34. The molecule has 0 radical (unpaired) electrons. The highest BCUT2D eigenvalue weighted by atomic mass is 79.9. The van der Waals surface area contributed by atoms with Gasteiger partial charge in [-0.05, 0) is 46.1 Å². The minimum Gasteiger partial charge on any atom is -0.263 e. The Morgan fingerprint density at radius 3 is 2.40 bits per heavy atom. The molecule has 15 heavy (non-hydrogen) atoms. The van der Waals surface area contributed by atoms with Gasteiger partial charge in [-0.1, -0.05) is 12.1 Å². The first-order chi connectivity index (χ1) is 7.18. The lowest BCUT2D eigenvalue weighted by molar-refractivity contribution is 0.628. The molecule has 0 spiro atoms. The minimum absolute atomic E-state index is 0.221. The molecule has 3 heteroatoms. The molecular weight excluding hydrogens is 257 g/mol. The number of pyridine rings is 1. The fraction of sp³-hybridized carbons (Fsp3) is 0.0833. The van der Waals surface area contributed by atoms with Gasteiger partial charge in [0.2, 0.25) is 0 Å². The Balaban J connectivity index is 2.58. The van der Waals surface area contributed by atoms with E-state index in [2.05, 4.69) is 20.9 Å². The van der Waals surface area contributed by atoms with E-state index in [1.165, 1.54) is 12.1 Å². The van der Waals surface area contributed by atoms with Gasteiger partial charge in [-0.2, -0.15) is 0 Å². The first-order valence-electron chi connectivity index (χ1n) is 4.54. The maximum atomic E-state index is 12.8. The second kappa shape index (κ2) is 4.11. The summed E-state index contributed by atoms with van der Waals surface area (Å²) in [5.74, 6) is -0.221. The summed E-state index contributed by atoms with van der Waals surface area (Å²) < 4.78 is 13.7. The molecule has 76 valence electrons. The van der Waals surface area contributed by atoms with E-state index < -0.39 is 0 Å². The molecule has 0 N–H and O–H groups in total. The van der Waals surface area contributed by atoms with Gasteiger partial charge in [-0.15, -0.1) is 0 Å². The Morgan fingerprint density at radius 2 is 1.80 bits per heavy atom. The normalized spacial score (nSPS) is 10.3. The third-order valence-corrected chi connectivity index (χ3v) is 2.82. The number of benzene rings is 1. The SMILES string of the molecule is Cc1cncc(Br)c1-c1ccc(F)cc1. The standard InChI is InChI=1S/C12H9BrFN/c1-8-6-15-7-11(13)12(8)9-2-4-10(14)5-3-9/h2-7H,1H3. The predicted molar refractivity (Wildman–Crippen MR) is 62.1 cm³/mol. The first kappa shape index (κ1) is 10.3. The number of rotatable bonds is 1. The molecular formula is C12H9BrFN. The van der Waals surface area contributed by atoms with E-state index >= 15 is 0 Å². The largest absolute Gasteiger partial charge is 0.263 e. The molecule has 0 unspecified atom stereocenters. The van der Waals surface area contributed by atoms with E-state index in [1.807, 2.05) is 6.92 Å². The molecule has 0 amide bonds. The van der Waals surface area contributed by atoms with Crippen molar-refractivity contribution < 1.29 is 4.39 Å². The van der Waals surface area contributed by atoms with Crippen LogP contribution in [-0.2, 0) is 0 Å². The second-order valence-corrected chi connectivity index (χ2v) is 4.17. The number of aryl methyl sites for hydroxylation is 1. The van der Waals surface area contributed by atoms with Crippen LogP contribution in [-0.4, -0.2) is 4.98 Å². The van der Waals surface area contributed by atoms with Gasteiger partial charge in [0.15, 0.2) is 0 Å². The summed E-state index contributed by atoms with van der Waals surface area (Å²) in [6.07, 6.45) is 3.54. The quantitative estimate of drug-likeness (QED) is 0.761. The fourth-order valence-corrected chi connectivity index (χ4v) is 2.17. The van der Waals surface area contributed by atoms with Crippen LogP contribution in [0.5, 0.6) is 0 Å². The summed E-state index contributed by atoms with van der Waals surface area (Å²) in [6.45, 7) is 1.98. The van der Waals surface area contributed by atoms with Crippen LogP contribution in [0.4, 0.5) is 4.39 Å². The Kier molecular flexibility index (Phi) is 2.82. The molecule has 0 fully saturated rings. The van der Waals surface area contributed by atoms with Gasteiger partial charge >= 0.3 is 0 Å². The van der Waals surface area contributed by atoms with Gasteiger partial charge in [0.05, 0.1) is 0 Å². The van der Waals surface area contributed by atoms with Crippen molar-refractivity contribution in [3.8, 4) is 11.1 Å². The Hall–Kier alpha value is -1.22. The number of halogens is 2. The van der Waals surface area contributed by atoms with Crippen LogP contribution in [0.15, 0.2) is 41.1 Å². The second-order valence-electron chi connectivity index (χ2n) is 3.32. The molecule has 1 aromatic carbocycles. The number of aromatic nitrogens is 1. The molecule has 0 aliphatic rings. The summed E-state index contributed by atoms with van der Waals surface area (Å²) in [5.41, 5.74) is 3.11. The molecule has 2 rings (SSSR count). The van der Waals surface area contributed by atoms with Gasteiger partial charge in [0.1, 0.15) is 5.82 Å². The summed E-state index contributed by atoms with van der Waals surface area (Å²) in [6, 6.07) is 6.45. The molecule has 1 aromatic heterocycles. The van der Waals surface area contributed by atoms with Crippen molar-refractivity contribution >= 4 is 15.9 Å². The van der Waals surface area contributed by atoms with Crippen molar-refractivity contribution in [2.75, 3.05) is 0 Å². The van der Waals surface area contributed by atoms with Crippen LogP contribution in [0, 0.1) is 12.7 Å². The molecule has 0 saturated heterocycles. The lowest BCUT2D eigenvalue weighted by atomic mass is 10.0. The Labute approximate surface area is 96.1 Å². The highest BCUT2D eigenvalue weighted by Gasteiger charge is 2.06. The number of hydrogen-bond acceptors (Lipinski definition) is 1. The van der Waals surface area contributed by atoms with E-state index in [0.29, 0.717) is 0 Å². The Bertz CT molecular complexity index is 459. The zero-order valence-corrected chi connectivity index (χ0v) is 9.75. The third-order valence-electron chi connectivity index (χ3n) is 2.22. The van der Waals surface area contributed by atoms with Crippen molar-refractivity contribution in [1.82, 2.24) is 4.98 Å². The van der Waals surface area contributed by atoms with E-state index in [9.17, 15) is 4.39 Å². The van der Waals surface area contributed by atoms with Crippen molar-refractivity contribution in [2.24, 2.45) is 0 Å². The van der Waals surface area contributed by atoms with Crippen molar-refractivity contribution in [3.05, 3.63) is 52.5 Å². The fourth-order valence-electron chi connectivity index (χ4n) is 1.51. The summed E-state index contributed by atoms with van der Waals surface area (Å²) >= 11 is 3.45. The van der Waals surface area contributed by atoms with Crippen LogP contribution in [0.3, 0.4) is 0 Å². The summed E-state index contributed by atoms with van der Waals surface area (Å²) in [4.78, 5) is 4.07. The monoisotopic (exact) mass is 265 g/mol. The zero-order valence-electron chi connectivity index (χ0n) is 8.17. The number of nitrogens with zero attached hydrogens (tertiary/aromatic N) is 1. The van der Waals surface area contributed by atoms with Crippen LogP contribution < -0.4 is 0 Å². The highest BCUT2D eigenvalue weighted by Crippen LogP contribution is 2.30. The van der Waals surface area contributed by atoms with Crippen LogP contribution >= 0.6 is 15.9 Å². The smallest absolute Gasteiger partial charge is 0.123 e. The molecule has 2 aromatic rings. The van der Waals surface area contributed by atoms with Crippen LogP contribution in [0.2, 0.25) is 0 Å². The molecule has 1 heterocycles. The lowest BCUT2D eigenvalue weighted by Gasteiger charge is -2.07. The number of hydrogen-bond donors (Lipinski definition) is 0. The van der Waals surface area contributed by atoms with Gasteiger partial charge in [0, 0.05) is 22.4 Å². The summed E-state index contributed by atoms with van der Waals surface area (Å²) in [7, 11) is 0. The molecule has 0 atom stereocenters. The molecule has 1 nitrogen and oxygen atoms in total. The lowest BCUT2D eigenvalue weighted by Crippen LogP contribution is -1.87. The van der Waals surface area contributed by atoms with Crippen molar-refractivity contribution in [1.29, 1.82) is 0 Å². The molecule has 0 bridgehead atoms. The minimum atomic E-state index is -0.221. The van der Waals surface area contributed by atoms with E-state index in [-0.39, 0.29) is 5.82 Å². The van der Waals surface area contributed by atoms with Gasteiger partial charge in [0.25, 0.3) is 0 Å². The van der Waals surface area contributed by atoms with E-state index in [0.717, 1.165) is 21.2 Å². The average molecular weight is 266 g/mol. The van der Waals surface area contributed by atoms with E-state index in [1.54, 1.807) is 24.5 Å². The molecule has 0 saturated carbocycles. The maximum absolute atomic E-state index is 12.8. The topological polar surface area (TPSA) is 12.9 Å². The van der Waals surface area contributed by atoms with E-state index in [4.69, 9.17) is 0 Å². The zero-order chi connectivity index (χ0) is 10.8. The van der Waals surface area contributed by atoms with Crippen LogP contribution in [0.25, 0.3) is 11.1 Å². The van der Waals surface area contributed by atoms with Gasteiger partial charge < -0.3 is 0 Å². The maximum Gasteiger partial charge on any atom is 0.123 e. The Morgan fingerprint density at radius 1 is 1.13 bits per heavy atom. The highest BCUT2D eigenvalue weighted by molar-refractivity contribution is 9.10. The van der Waals surface area contributed by atoms with Crippen LogP contribution in [0.1, 0.15) is 5.56 Å². The summed E-state index contributed by atoms with van der Waals surface area (Å²) in [5, 5.41) is 0. The molecule has 0 aliphatic heterocycles. The van der Waals surface area contributed by atoms with Gasteiger partial charge in [-0.25, -0.2) is 4.39 Å².